The summed E-state index contributed by atoms with van der Waals surface area (Å²) in [6.07, 6.45) is 0.250. The summed E-state index contributed by atoms with van der Waals surface area (Å²) in [5, 5.41) is 0. The molecule has 0 radical (unpaired) electrons. The van der Waals surface area contributed by atoms with Crippen LogP contribution < -0.4 is 0 Å². The van der Waals surface area contributed by atoms with Gasteiger partial charge in [-0.2, -0.15) is 9.59 Å². The van der Waals surface area contributed by atoms with Gasteiger partial charge in [0.2, 0.25) is 0 Å². The second kappa shape index (κ2) is 5.39. The molecule has 2 heteroatoms. The van der Waals surface area contributed by atoms with Gasteiger partial charge in [-0.05, 0) is 13.8 Å². The van der Waals surface area contributed by atoms with Gasteiger partial charge in [0, 0.05) is 0 Å². The molecule has 0 heterocycles. The van der Waals surface area contributed by atoms with Gasteiger partial charge in [-0.15, -0.1) is 0 Å². The maximum atomic E-state index is 8.12. The van der Waals surface area contributed by atoms with E-state index in [0.717, 1.165) is 0 Å². The lowest BCUT2D eigenvalue weighted by atomic mass is 10.2. The monoisotopic (exact) mass is 150 g/mol. The second-order valence-corrected chi connectivity index (χ2v) is 2.24. The van der Waals surface area contributed by atoms with Crippen LogP contribution in [-0.2, 0) is 9.59 Å². The van der Waals surface area contributed by atoms with Crippen molar-refractivity contribution >= 4 is 6.15 Å². The van der Waals surface area contributed by atoms with E-state index in [1.54, 1.807) is 0 Å². The Hall–Kier alpha value is -1.40. The SMILES string of the molecule is Cc1cccc(C)c1.O=C=O. The van der Waals surface area contributed by atoms with Gasteiger partial charge in [-0.25, -0.2) is 0 Å². The summed E-state index contributed by atoms with van der Waals surface area (Å²) < 4.78 is 0. The predicted octanol–water partition coefficient (Wildman–Crippen LogP) is 1.72. The third kappa shape index (κ3) is 5.07. The van der Waals surface area contributed by atoms with Gasteiger partial charge in [0.25, 0.3) is 0 Å². The molecule has 11 heavy (non-hydrogen) atoms. The highest BCUT2D eigenvalue weighted by molar-refractivity contribution is 5.20. The molecule has 0 bridgehead atoms. The Kier molecular flexibility index (Phi) is 4.70. The van der Waals surface area contributed by atoms with Crippen LogP contribution in [0.5, 0.6) is 0 Å². The van der Waals surface area contributed by atoms with Crippen LogP contribution in [0, 0.1) is 13.8 Å². The Bertz CT molecular complexity index is 230. The fourth-order valence-electron chi connectivity index (χ4n) is 0.807. The first-order valence-electron chi connectivity index (χ1n) is 3.23. The minimum atomic E-state index is 0.250. The lowest BCUT2D eigenvalue weighted by Crippen LogP contribution is -1.71. The van der Waals surface area contributed by atoms with Gasteiger partial charge in [0.15, 0.2) is 0 Å². The number of hydrogen-bond acceptors (Lipinski definition) is 2. The summed E-state index contributed by atoms with van der Waals surface area (Å²) in [6.45, 7) is 4.21. The molecule has 1 aromatic rings. The highest BCUT2D eigenvalue weighted by Gasteiger charge is 1.80. The van der Waals surface area contributed by atoms with Crippen molar-refractivity contribution in [3.05, 3.63) is 35.4 Å². The lowest BCUT2D eigenvalue weighted by molar-refractivity contribution is -0.191. The molecule has 0 aliphatic rings. The fraction of sp³-hybridized carbons (Fsp3) is 0.222. The Morgan fingerprint density at radius 1 is 1.09 bits per heavy atom. The Morgan fingerprint density at radius 2 is 1.45 bits per heavy atom. The number of aryl methyl sites for hydroxylation is 2. The zero-order chi connectivity index (χ0) is 8.69. The van der Waals surface area contributed by atoms with Gasteiger partial charge in [-0.1, -0.05) is 35.4 Å². The molecule has 1 rings (SSSR count). The molecule has 0 saturated heterocycles. The molecular weight excluding hydrogens is 140 g/mol. The Labute approximate surface area is 65.9 Å². The van der Waals surface area contributed by atoms with Crippen LogP contribution in [0.1, 0.15) is 11.1 Å². The molecule has 58 valence electrons. The third-order valence-corrected chi connectivity index (χ3v) is 1.17. The Morgan fingerprint density at radius 3 is 1.64 bits per heavy atom. The molecule has 0 N–H and O–H groups in total. The molecule has 1 aromatic carbocycles. The average molecular weight is 150 g/mol. The van der Waals surface area contributed by atoms with E-state index in [0.29, 0.717) is 0 Å². The standard InChI is InChI=1S/C8H10.CO2/c1-7-4-3-5-8(2)6-7;2-1-3/h3-6H,1-2H3;. The van der Waals surface area contributed by atoms with Crippen molar-refractivity contribution in [2.24, 2.45) is 0 Å². The number of rotatable bonds is 0. The largest absolute Gasteiger partial charge is 0.373 e. The molecule has 0 fully saturated rings. The van der Waals surface area contributed by atoms with Gasteiger partial charge < -0.3 is 0 Å². The van der Waals surface area contributed by atoms with Crippen molar-refractivity contribution < 1.29 is 9.59 Å². The first-order chi connectivity index (χ1) is 5.20. The van der Waals surface area contributed by atoms with Crippen molar-refractivity contribution in [1.82, 2.24) is 0 Å². The summed E-state index contributed by atoms with van der Waals surface area (Å²) in [5.41, 5.74) is 2.68. The van der Waals surface area contributed by atoms with Crippen LogP contribution in [0.4, 0.5) is 0 Å². The summed E-state index contributed by atoms with van der Waals surface area (Å²) in [4.78, 5) is 16.2. The van der Waals surface area contributed by atoms with Crippen LogP contribution in [-0.4, -0.2) is 6.15 Å². The van der Waals surface area contributed by atoms with Crippen molar-refractivity contribution in [3.8, 4) is 0 Å². The van der Waals surface area contributed by atoms with Gasteiger partial charge in [-0.3, -0.25) is 0 Å². The summed E-state index contributed by atoms with van der Waals surface area (Å²) in [5.74, 6) is 0. The first kappa shape index (κ1) is 9.60. The van der Waals surface area contributed by atoms with Crippen molar-refractivity contribution in [2.45, 2.75) is 13.8 Å². The van der Waals surface area contributed by atoms with E-state index in [2.05, 4.69) is 38.1 Å². The lowest BCUT2D eigenvalue weighted by Gasteiger charge is -1.90. The zero-order valence-corrected chi connectivity index (χ0v) is 6.63. The molecule has 0 unspecified atom stereocenters. The van der Waals surface area contributed by atoms with Crippen molar-refractivity contribution in [2.75, 3.05) is 0 Å². The topological polar surface area (TPSA) is 34.1 Å². The smallest absolute Gasteiger partial charge is 0.186 e. The third-order valence-electron chi connectivity index (χ3n) is 1.17. The molecule has 0 aliphatic carbocycles. The minimum Gasteiger partial charge on any atom is -0.186 e. The second-order valence-electron chi connectivity index (χ2n) is 2.24. The fourth-order valence-corrected chi connectivity index (χ4v) is 0.807. The number of carbonyl (C=O) groups excluding carboxylic acids is 2. The molecule has 0 amide bonds. The average Bonchev–Trinajstić information content (AvgIpc) is 1.88. The predicted molar refractivity (Wildman–Crippen MR) is 40.9 cm³/mol. The van der Waals surface area contributed by atoms with Crippen molar-refractivity contribution in [1.29, 1.82) is 0 Å². The normalized spacial score (nSPS) is 7.45. The van der Waals surface area contributed by atoms with E-state index in [1.807, 2.05) is 0 Å². The van der Waals surface area contributed by atoms with Crippen LogP contribution in [0.25, 0.3) is 0 Å². The number of benzene rings is 1. The summed E-state index contributed by atoms with van der Waals surface area (Å²) in [6, 6.07) is 8.45. The van der Waals surface area contributed by atoms with E-state index >= 15 is 0 Å². The quantitative estimate of drug-likeness (QED) is 0.564. The molecule has 2 nitrogen and oxygen atoms in total. The van der Waals surface area contributed by atoms with Gasteiger partial charge >= 0.3 is 6.15 Å². The van der Waals surface area contributed by atoms with E-state index in [1.165, 1.54) is 11.1 Å². The first-order valence-corrected chi connectivity index (χ1v) is 3.23. The van der Waals surface area contributed by atoms with E-state index in [-0.39, 0.29) is 6.15 Å². The Balaban J connectivity index is 0.000000292. The molecule has 0 spiro atoms. The van der Waals surface area contributed by atoms with E-state index < -0.39 is 0 Å². The van der Waals surface area contributed by atoms with Crippen LogP contribution in [0.2, 0.25) is 0 Å². The maximum absolute atomic E-state index is 8.12. The van der Waals surface area contributed by atoms with E-state index in [4.69, 9.17) is 9.59 Å². The molecule has 0 atom stereocenters. The summed E-state index contributed by atoms with van der Waals surface area (Å²) in [7, 11) is 0. The van der Waals surface area contributed by atoms with Crippen LogP contribution >= 0.6 is 0 Å². The van der Waals surface area contributed by atoms with Crippen molar-refractivity contribution in [3.63, 3.8) is 0 Å². The van der Waals surface area contributed by atoms with E-state index in [9.17, 15) is 0 Å². The number of hydrogen-bond donors (Lipinski definition) is 0. The van der Waals surface area contributed by atoms with Gasteiger partial charge in [0.05, 0.1) is 0 Å². The highest BCUT2D eigenvalue weighted by Crippen LogP contribution is 2.00. The van der Waals surface area contributed by atoms with Gasteiger partial charge in [0.1, 0.15) is 0 Å². The van der Waals surface area contributed by atoms with Crippen LogP contribution in [0.3, 0.4) is 0 Å². The zero-order valence-electron chi connectivity index (χ0n) is 6.63. The molecule has 0 aromatic heterocycles. The minimum absolute atomic E-state index is 0.250. The van der Waals surface area contributed by atoms with Crippen LogP contribution in [0.15, 0.2) is 24.3 Å². The highest BCUT2D eigenvalue weighted by atomic mass is 16.2. The molecule has 0 aliphatic heterocycles. The molecule has 0 saturated carbocycles. The maximum Gasteiger partial charge on any atom is 0.373 e. The summed E-state index contributed by atoms with van der Waals surface area (Å²) >= 11 is 0. The molecular formula is C9H10O2.